The van der Waals surface area contributed by atoms with Crippen LogP contribution in [0.2, 0.25) is 5.15 Å². The molecule has 0 aliphatic carbocycles. The van der Waals surface area contributed by atoms with E-state index >= 15 is 0 Å². The molecule has 0 spiro atoms. The smallest absolute Gasteiger partial charge is 0.158 e. The summed E-state index contributed by atoms with van der Waals surface area (Å²) in [5.74, 6) is 1.94. The molecule has 3 rings (SSSR count). The number of rotatable bonds is 5. The lowest BCUT2D eigenvalue weighted by Gasteiger charge is -2.14. The molecule has 1 N–H and O–H groups in total. The Bertz CT molecular complexity index is 831. The molecule has 0 radical (unpaired) electrons. The van der Waals surface area contributed by atoms with E-state index in [0.717, 1.165) is 41.1 Å². The van der Waals surface area contributed by atoms with Crippen LogP contribution in [-0.2, 0) is 13.1 Å². The highest BCUT2D eigenvalue weighted by Crippen LogP contribution is 2.24. The lowest BCUT2D eigenvalue weighted by Crippen LogP contribution is -3.06. The number of benzene rings is 1. The highest BCUT2D eigenvalue weighted by Gasteiger charge is 2.13. The van der Waals surface area contributed by atoms with E-state index in [2.05, 4.69) is 42.6 Å². The van der Waals surface area contributed by atoms with Crippen molar-refractivity contribution < 1.29 is 9.32 Å². The summed E-state index contributed by atoms with van der Waals surface area (Å²) in [5.41, 5.74) is 2.02. The second-order valence-electron chi connectivity index (χ2n) is 5.82. The molecule has 3 nitrogen and oxygen atoms in total. The van der Waals surface area contributed by atoms with Crippen LogP contribution >= 0.6 is 23.4 Å². The minimum Gasteiger partial charge on any atom is -0.460 e. The van der Waals surface area contributed by atoms with E-state index < -0.39 is 0 Å². The number of hydrogen-bond acceptors (Lipinski definition) is 3. The monoisotopic (exact) mass is 347 g/mol. The summed E-state index contributed by atoms with van der Waals surface area (Å²) in [6, 6.07) is 12.5. The van der Waals surface area contributed by atoms with Crippen LogP contribution < -0.4 is 4.90 Å². The Labute approximate surface area is 145 Å². The molecule has 0 aliphatic rings. The predicted molar refractivity (Wildman–Crippen MR) is 96.3 cm³/mol. The fourth-order valence-corrected chi connectivity index (χ4v) is 3.33. The Kier molecular flexibility index (Phi) is 4.95. The molecule has 0 saturated carbocycles. The Hall–Kier alpha value is -1.49. The van der Waals surface area contributed by atoms with Crippen LogP contribution in [0.5, 0.6) is 0 Å². The van der Waals surface area contributed by atoms with Gasteiger partial charge in [-0.2, -0.15) is 0 Å². The van der Waals surface area contributed by atoms with Gasteiger partial charge in [-0.1, -0.05) is 17.7 Å². The van der Waals surface area contributed by atoms with E-state index in [9.17, 15) is 0 Å². The third-order valence-electron chi connectivity index (χ3n) is 3.82. The first-order valence-corrected chi connectivity index (χ1v) is 9.15. The molecular formula is C18H20ClN2OS+. The van der Waals surface area contributed by atoms with Crippen LogP contribution in [0.3, 0.4) is 0 Å². The summed E-state index contributed by atoms with van der Waals surface area (Å²) >= 11 is 8.11. The number of aryl methyl sites for hydroxylation is 1. The van der Waals surface area contributed by atoms with E-state index in [0.29, 0.717) is 5.15 Å². The van der Waals surface area contributed by atoms with Crippen molar-refractivity contribution in [1.29, 1.82) is 0 Å². The zero-order chi connectivity index (χ0) is 16.4. The molecule has 0 saturated heterocycles. The zero-order valence-corrected chi connectivity index (χ0v) is 15.1. The molecule has 0 amide bonds. The molecular weight excluding hydrogens is 328 g/mol. The number of thioether (sulfide) groups is 1. The minimum atomic E-state index is 0.589. The summed E-state index contributed by atoms with van der Waals surface area (Å²) in [5, 5.41) is 1.72. The maximum atomic E-state index is 6.40. The number of furan rings is 1. The summed E-state index contributed by atoms with van der Waals surface area (Å²) in [4.78, 5) is 7.07. The lowest BCUT2D eigenvalue weighted by atomic mass is 10.1. The van der Waals surface area contributed by atoms with Crippen molar-refractivity contribution in [2.45, 2.75) is 24.9 Å². The van der Waals surface area contributed by atoms with Crippen LogP contribution in [0, 0.1) is 6.92 Å². The van der Waals surface area contributed by atoms with Crippen molar-refractivity contribution in [2.24, 2.45) is 0 Å². The highest BCUT2D eigenvalue weighted by atomic mass is 35.5. The number of hydrogen-bond donors (Lipinski definition) is 1. The van der Waals surface area contributed by atoms with Gasteiger partial charge in [-0.25, -0.2) is 4.98 Å². The Balaban J connectivity index is 1.80. The molecule has 0 aliphatic heterocycles. The fraction of sp³-hybridized carbons (Fsp3) is 0.278. The van der Waals surface area contributed by atoms with Gasteiger partial charge in [-0.15, -0.1) is 11.8 Å². The molecule has 0 bridgehead atoms. The molecule has 1 atom stereocenters. The topological polar surface area (TPSA) is 30.5 Å². The molecule has 2 heterocycles. The number of pyridine rings is 1. The van der Waals surface area contributed by atoms with Crippen molar-refractivity contribution in [3.05, 3.63) is 58.6 Å². The van der Waals surface area contributed by atoms with E-state index in [-0.39, 0.29) is 0 Å². The molecule has 120 valence electrons. The number of fused-ring (bicyclic) bond motifs is 1. The van der Waals surface area contributed by atoms with Crippen LogP contribution in [-0.4, -0.2) is 18.3 Å². The fourth-order valence-electron chi connectivity index (χ4n) is 2.68. The first-order valence-electron chi connectivity index (χ1n) is 7.55. The third-order valence-corrected chi connectivity index (χ3v) is 4.87. The standard InChI is InChI=1S/C18H19ClN2OS/c1-12-4-6-15(22-12)11-21(2)10-14-8-13-5-7-16(23-3)9-17(13)20-18(14)19/h4-9H,10-11H2,1-3H3/p+1. The lowest BCUT2D eigenvalue weighted by molar-refractivity contribution is -0.908. The van der Waals surface area contributed by atoms with E-state index in [1.54, 1.807) is 11.8 Å². The van der Waals surface area contributed by atoms with Gasteiger partial charge in [-0.05, 0) is 43.5 Å². The highest BCUT2D eigenvalue weighted by molar-refractivity contribution is 7.98. The quantitative estimate of drug-likeness (QED) is 0.563. The van der Waals surface area contributed by atoms with Crippen molar-refractivity contribution >= 4 is 34.3 Å². The largest absolute Gasteiger partial charge is 0.460 e. The average Bonchev–Trinajstić information content (AvgIpc) is 2.92. The summed E-state index contributed by atoms with van der Waals surface area (Å²) in [6.07, 6.45) is 2.06. The predicted octanol–water partition coefficient (Wildman–Crippen LogP) is 3.73. The maximum Gasteiger partial charge on any atom is 0.158 e. The number of quaternary nitrogens is 1. The first kappa shape index (κ1) is 16.4. The molecule has 1 unspecified atom stereocenters. The Morgan fingerprint density at radius 3 is 2.70 bits per heavy atom. The number of aromatic nitrogens is 1. The molecule has 3 aromatic rings. The van der Waals surface area contributed by atoms with Gasteiger partial charge in [0.25, 0.3) is 0 Å². The van der Waals surface area contributed by atoms with Crippen LogP contribution in [0.4, 0.5) is 0 Å². The SMILES string of the molecule is CSc1ccc2cc(C[NH+](C)Cc3ccc(C)o3)c(Cl)nc2c1. The van der Waals surface area contributed by atoms with Gasteiger partial charge in [-0.3, -0.25) is 0 Å². The second-order valence-corrected chi connectivity index (χ2v) is 7.06. The zero-order valence-electron chi connectivity index (χ0n) is 13.5. The summed E-state index contributed by atoms with van der Waals surface area (Å²) in [6.45, 7) is 3.60. The number of halogens is 1. The summed E-state index contributed by atoms with van der Waals surface area (Å²) < 4.78 is 5.65. The van der Waals surface area contributed by atoms with Gasteiger partial charge >= 0.3 is 0 Å². The van der Waals surface area contributed by atoms with Gasteiger partial charge in [0.1, 0.15) is 24.0 Å². The van der Waals surface area contributed by atoms with Crippen molar-refractivity contribution in [3.63, 3.8) is 0 Å². The molecule has 0 fully saturated rings. The molecule has 2 aromatic heterocycles. The normalized spacial score (nSPS) is 12.7. The van der Waals surface area contributed by atoms with Gasteiger partial charge in [0.15, 0.2) is 5.76 Å². The van der Waals surface area contributed by atoms with Crippen LogP contribution in [0.15, 0.2) is 45.7 Å². The van der Waals surface area contributed by atoms with Crippen LogP contribution in [0.25, 0.3) is 10.9 Å². The Morgan fingerprint density at radius 1 is 1.17 bits per heavy atom. The molecule has 23 heavy (non-hydrogen) atoms. The van der Waals surface area contributed by atoms with Crippen molar-refractivity contribution in [3.8, 4) is 0 Å². The maximum absolute atomic E-state index is 6.40. The minimum absolute atomic E-state index is 0.589. The van der Waals surface area contributed by atoms with E-state index in [4.69, 9.17) is 16.0 Å². The number of nitrogens with one attached hydrogen (secondary N) is 1. The molecule has 5 heteroatoms. The first-order chi connectivity index (χ1) is 11.0. The summed E-state index contributed by atoms with van der Waals surface area (Å²) in [7, 11) is 2.13. The van der Waals surface area contributed by atoms with Gasteiger partial charge in [0, 0.05) is 15.8 Å². The van der Waals surface area contributed by atoms with E-state index in [1.165, 1.54) is 9.80 Å². The Morgan fingerprint density at radius 2 is 2.00 bits per heavy atom. The number of nitrogens with zero attached hydrogens (tertiary/aromatic N) is 1. The van der Waals surface area contributed by atoms with Gasteiger partial charge < -0.3 is 9.32 Å². The second kappa shape index (κ2) is 6.95. The van der Waals surface area contributed by atoms with E-state index in [1.807, 2.05) is 19.1 Å². The molecule has 1 aromatic carbocycles. The third kappa shape index (κ3) is 3.89. The van der Waals surface area contributed by atoms with Gasteiger partial charge in [0.05, 0.1) is 12.6 Å². The average molecular weight is 348 g/mol. The van der Waals surface area contributed by atoms with Crippen molar-refractivity contribution in [2.75, 3.05) is 13.3 Å². The van der Waals surface area contributed by atoms with Gasteiger partial charge in [0.2, 0.25) is 0 Å². The van der Waals surface area contributed by atoms with Crippen molar-refractivity contribution in [1.82, 2.24) is 4.98 Å². The van der Waals surface area contributed by atoms with Crippen LogP contribution in [0.1, 0.15) is 17.1 Å².